The fraction of sp³-hybridized carbons (Fsp3) is 0.333. The van der Waals surface area contributed by atoms with E-state index in [1.165, 1.54) is 0 Å². The maximum absolute atomic E-state index is 13.1. The molecule has 3 rings (SSSR count). The molecule has 0 aliphatic carbocycles. The Labute approximate surface area is 187 Å². The summed E-state index contributed by atoms with van der Waals surface area (Å²) in [6, 6.07) is 10.7. The molecule has 1 saturated heterocycles. The van der Waals surface area contributed by atoms with Gasteiger partial charge in [-0.15, -0.1) is 0 Å². The van der Waals surface area contributed by atoms with Gasteiger partial charge in [-0.05, 0) is 42.8 Å². The Hall–Kier alpha value is -2.06. The van der Waals surface area contributed by atoms with Crippen LogP contribution in [-0.2, 0) is 0 Å². The van der Waals surface area contributed by atoms with Crippen molar-refractivity contribution in [3.8, 4) is 11.5 Å². The zero-order chi connectivity index (χ0) is 21.0. The average Bonchev–Trinajstić information content (AvgIpc) is 2.99. The van der Waals surface area contributed by atoms with Gasteiger partial charge in [0, 0.05) is 35.1 Å². The third-order valence-corrected chi connectivity index (χ3v) is 5.84. The molecular weight excluding hydrogens is 504 g/mol. The van der Waals surface area contributed by atoms with Crippen LogP contribution in [0.4, 0.5) is 0 Å². The molecular formula is C21H22Br2N2O4. The minimum absolute atomic E-state index is 0.0996. The van der Waals surface area contributed by atoms with Crippen LogP contribution >= 0.6 is 31.9 Å². The van der Waals surface area contributed by atoms with E-state index in [-0.39, 0.29) is 11.8 Å². The fourth-order valence-electron chi connectivity index (χ4n) is 3.36. The summed E-state index contributed by atoms with van der Waals surface area (Å²) in [4.78, 5) is 29.7. The molecule has 2 aromatic rings. The second kappa shape index (κ2) is 9.63. The predicted octanol–water partition coefficient (Wildman–Crippen LogP) is 4.22. The number of amides is 2. The fourth-order valence-corrected chi connectivity index (χ4v) is 4.08. The first-order valence-electron chi connectivity index (χ1n) is 9.20. The van der Waals surface area contributed by atoms with Gasteiger partial charge in [0.2, 0.25) is 0 Å². The summed E-state index contributed by atoms with van der Waals surface area (Å²) in [6.07, 6.45) is 0.699. The van der Waals surface area contributed by atoms with Crippen LogP contribution in [0, 0.1) is 0 Å². The predicted molar refractivity (Wildman–Crippen MR) is 118 cm³/mol. The van der Waals surface area contributed by atoms with Gasteiger partial charge in [-0.3, -0.25) is 9.59 Å². The van der Waals surface area contributed by atoms with E-state index >= 15 is 0 Å². The van der Waals surface area contributed by atoms with Crippen molar-refractivity contribution < 1.29 is 19.1 Å². The lowest BCUT2D eigenvalue weighted by Gasteiger charge is -2.23. The first-order valence-corrected chi connectivity index (χ1v) is 10.8. The SMILES string of the molecule is COc1ccc(Br)cc1C(=O)N1CCCN(C(=O)c2cc(Br)ccc2OC)CC1. The van der Waals surface area contributed by atoms with Crippen molar-refractivity contribution in [2.45, 2.75) is 6.42 Å². The van der Waals surface area contributed by atoms with E-state index in [4.69, 9.17) is 9.47 Å². The zero-order valence-electron chi connectivity index (χ0n) is 16.3. The van der Waals surface area contributed by atoms with Crippen molar-refractivity contribution in [3.05, 3.63) is 56.5 Å². The first kappa shape index (κ1) is 21.6. The van der Waals surface area contributed by atoms with Crippen LogP contribution in [0.15, 0.2) is 45.3 Å². The standard InChI is InChI=1S/C21H22Br2N2O4/c1-28-18-6-4-14(22)12-16(18)20(26)24-8-3-9-25(11-10-24)21(27)17-13-15(23)5-7-19(17)29-2/h4-7,12-13H,3,8-11H2,1-2H3. The van der Waals surface area contributed by atoms with Gasteiger partial charge in [-0.2, -0.15) is 0 Å². The van der Waals surface area contributed by atoms with E-state index in [9.17, 15) is 9.59 Å². The molecule has 0 unspecified atom stereocenters. The Balaban J connectivity index is 1.76. The van der Waals surface area contributed by atoms with E-state index in [1.54, 1.807) is 48.3 Å². The third-order valence-electron chi connectivity index (χ3n) is 4.85. The molecule has 0 aromatic heterocycles. The van der Waals surface area contributed by atoms with Gasteiger partial charge in [0.05, 0.1) is 25.3 Å². The summed E-state index contributed by atoms with van der Waals surface area (Å²) in [6.45, 7) is 2.06. The highest BCUT2D eigenvalue weighted by atomic mass is 79.9. The lowest BCUT2D eigenvalue weighted by Crippen LogP contribution is -2.37. The number of carbonyl (C=O) groups is 2. The zero-order valence-corrected chi connectivity index (χ0v) is 19.5. The van der Waals surface area contributed by atoms with Crippen molar-refractivity contribution in [2.24, 2.45) is 0 Å². The van der Waals surface area contributed by atoms with Crippen molar-refractivity contribution >= 4 is 43.7 Å². The Kier molecular flexibility index (Phi) is 7.18. The Morgan fingerprint density at radius 3 is 1.55 bits per heavy atom. The smallest absolute Gasteiger partial charge is 0.257 e. The summed E-state index contributed by atoms with van der Waals surface area (Å²) in [5.74, 6) is 0.874. The molecule has 0 atom stereocenters. The van der Waals surface area contributed by atoms with Gasteiger partial charge in [0.25, 0.3) is 11.8 Å². The van der Waals surface area contributed by atoms with Crippen LogP contribution in [-0.4, -0.2) is 62.0 Å². The molecule has 8 heteroatoms. The number of carbonyl (C=O) groups excluding carboxylic acids is 2. The monoisotopic (exact) mass is 524 g/mol. The lowest BCUT2D eigenvalue weighted by molar-refractivity contribution is 0.0715. The molecule has 1 heterocycles. The highest BCUT2D eigenvalue weighted by Gasteiger charge is 2.26. The number of hydrogen-bond donors (Lipinski definition) is 0. The van der Waals surface area contributed by atoms with Gasteiger partial charge in [0.1, 0.15) is 11.5 Å². The van der Waals surface area contributed by atoms with Gasteiger partial charge in [0.15, 0.2) is 0 Å². The number of rotatable bonds is 4. The van der Waals surface area contributed by atoms with E-state index in [1.807, 2.05) is 12.1 Å². The van der Waals surface area contributed by atoms with E-state index in [2.05, 4.69) is 31.9 Å². The number of nitrogens with zero attached hydrogens (tertiary/aromatic N) is 2. The number of methoxy groups -OCH3 is 2. The van der Waals surface area contributed by atoms with Gasteiger partial charge < -0.3 is 19.3 Å². The Morgan fingerprint density at radius 1 is 0.759 bits per heavy atom. The molecule has 2 aromatic carbocycles. The van der Waals surface area contributed by atoms with Crippen LogP contribution in [0.3, 0.4) is 0 Å². The maximum Gasteiger partial charge on any atom is 0.257 e. The Morgan fingerprint density at radius 2 is 1.17 bits per heavy atom. The minimum atomic E-state index is -0.0996. The number of ether oxygens (including phenoxy) is 2. The maximum atomic E-state index is 13.1. The summed E-state index contributed by atoms with van der Waals surface area (Å²) in [5, 5.41) is 0. The normalized spacial score (nSPS) is 14.3. The van der Waals surface area contributed by atoms with Crippen molar-refractivity contribution in [2.75, 3.05) is 40.4 Å². The second-order valence-electron chi connectivity index (χ2n) is 6.63. The van der Waals surface area contributed by atoms with Crippen LogP contribution in [0.25, 0.3) is 0 Å². The molecule has 0 spiro atoms. The van der Waals surface area contributed by atoms with Crippen LogP contribution < -0.4 is 9.47 Å². The summed E-state index contributed by atoms with van der Waals surface area (Å²) >= 11 is 6.82. The highest BCUT2D eigenvalue weighted by molar-refractivity contribution is 9.10. The first-order chi connectivity index (χ1) is 13.9. The van der Waals surface area contributed by atoms with Crippen LogP contribution in [0.5, 0.6) is 11.5 Å². The molecule has 1 fully saturated rings. The van der Waals surface area contributed by atoms with Gasteiger partial charge >= 0.3 is 0 Å². The van der Waals surface area contributed by atoms with E-state index in [0.717, 1.165) is 8.95 Å². The molecule has 1 aliphatic rings. The molecule has 1 aliphatic heterocycles. The van der Waals surface area contributed by atoms with Gasteiger partial charge in [-0.25, -0.2) is 0 Å². The van der Waals surface area contributed by atoms with Crippen LogP contribution in [0.1, 0.15) is 27.1 Å². The molecule has 29 heavy (non-hydrogen) atoms. The largest absolute Gasteiger partial charge is 0.496 e. The minimum Gasteiger partial charge on any atom is -0.496 e. The van der Waals surface area contributed by atoms with Gasteiger partial charge in [-0.1, -0.05) is 31.9 Å². The molecule has 0 radical (unpaired) electrons. The van der Waals surface area contributed by atoms with E-state index in [0.29, 0.717) is 55.2 Å². The molecule has 0 bridgehead atoms. The quantitative estimate of drug-likeness (QED) is 0.599. The number of hydrogen-bond acceptors (Lipinski definition) is 4. The number of benzene rings is 2. The summed E-state index contributed by atoms with van der Waals surface area (Å²) in [5.41, 5.74) is 1.02. The van der Waals surface area contributed by atoms with Crippen molar-refractivity contribution in [1.29, 1.82) is 0 Å². The van der Waals surface area contributed by atoms with Crippen molar-refractivity contribution in [3.63, 3.8) is 0 Å². The second-order valence-corrected chi connectivity index (χ2v) is 8.46. The van der Waals surface area contributed by atoms with Crippen LogP contribution in [0.2, 0.25) is 0 Å². The van der Waals surface area contributed by atoms with Crippen molar-refractivity contribution in [1.82, 2.24) is 9.80 Å². The average molecular weight is 526 g/mol. The molecule has 2 amide bonds. The molecule has 6 nitrogen and oxygen atoms in total. The summed E-state index contributed by atoms with van der Waals surface area (Å²) in [7, 11) is 3.10. The number of halogens is 2. The summed E-state index contributed by atoms with van der Waals surface area (Å²) < 4.78 is 12.3. The van der Waals surface area contributed by atoms with E-state index < -0.39 is 0 Å². The molecule has 154 valence electrons. The lowest BCUT2D eigenvalue weighted by atomic mass is 10.1. The molecule has 0 saturated carbocycles. The third kappa shape index (κ3) is 4.93. The highest BCUT2D eigenvalue weighted by Crippen LogP contribution is 2.27. The topological polar surface area (TPSA) is 59.1 Å². The molecule has 0 N–H and O–H groups in total. The Bertz CT molecular complexity index is 846.